The Morgan fingerprint density at radius 2 is 2.00 bits per heavy atom. The maximum absolute atomic E-state index is 11.9. The molecule has 0 saturated heterocycles. The summed E-state index contributed by atoms with van der Waals surface area (Å²) < 4.78 is 28.1. The molecule has 0 heterocycles. The van der Waals surface area contributed by atoms with E-state index in [1.807, 2.05) is 0 Å². The molecule has 1 aromatic carbocycles. The summed E-state index contributed by atoms with van der Waals surface area (Å²) in [4.78, 5) is 11.1. The summed E-state index contributed by atoms with van der Waals surface area (Å²) in [5.74, 6) is -0.428. The number of carbonyl (C=O) groups is 1. The first-order chi connectivity index (χ1) is 8.52. The summed E-state index contributed by atoms with van der Waals surface area (Å²) >= 11 is 0. The molecule has 0 aromatic heterocycles. The Bertz CT molecular complexity index is 384. The molecule has 0 aliphatic carbocycles. The molecule has 0 bridgehead atoms. The zero-order valence-corrected chi connectivity index (χ0v) is 9.82. The number of halogens is 2. The van der Waals surface area contributed by atoms with Gasteiger partial charge >= 0.3 is 6.61 Å². The van der Waals surface area contributed by atoms with Crippen LogP contribution in [-0.2, 0) is 11.2 Å². The molecule has 0 saturated carbocycles. The Kier molecular flexibility index (Phi) is 5.47. The third-order valence-corrected chi connectivity index (χ3v) is 2.25. The van der Waals surface area contributed by atoms with Gasteiger partial charge in [-0.2, -0.15) is 8.78 Å². The summed E-state index contributed by atoms with van der Waals surface area (Å²) in [6.07, 6.45) is 0.352. The highest BCUT2D eigenvalue weighted by Crippen LogP contribution is 2.15. The summed E-state index contributed by atoms with van der Waals surface area (Å²) in [6.45, 7) is -2.85. The number of nitrogens with one attached hydrogen (secondary N) is 2. The molecule has 4 N–H and O–H groups in total. The second-order valence-corrected chi connectivity index (χ2v) is 3.58. The molecule has 1 aromatic rings. The van der Waals surface area contributed by atoms with Crippen molar-refractivity contribution < 1.29 is 18.3 Å². The van der Waals surface area contributed by atoms with Gasteiger partial charge in [0.05, 0.1) is 0 Å². The number of primary amides is 1. The smallest absolute Gasteiger partial charge is 0.387 e. The first-order valence-corrected chi connectivity index (χ1v) is 5.28. The third kappa shape index (κ3) is 4.64. The van der Waals surface area contributed by atoms with Gasteiger partial charge in [-0.05, 0) is 31.2 Å². The van der Waals surface area contributed by atoms with Gasteiger partial charge < -0.3 is 10.5 Å². The Morgan fingerprint density at radius 1 is 1.39 bits per heavy atom. The topological polar surface area (TPSA) is 76.4 Å². The van der Waals surface area contributed by atoms with Crippen LogP contribution >= 0.6 is 0 Å². The minimum Gasteiger partial charge on any atom is -0.435 e. The van der Waals surface area contributed by atoms with Crippen molar-refractivity contribution in [1.82, 2.24) is 10.9 Å². The molecule has 100 valence electrons. The van der Waals surface area contributed by atoms with E-state index in [2.05, 4.69) is 15.6 Å². The van der Waals surface area contributed by atoms with Gasteiger partial charge in [0.2, 0.25) is 5.91 Å². The van der Waals surface area contributed by atoms with E-state index >= 15 is 0 Å². The molecule has 18 heavy (non-hydrogen) atoms. The van der Waals surface area contributed by atoms with Crippen molar-refractivity contribution in [2.75, 3.05) is 7.05 Å². The van der Waals surface area contributed by atoms with Gasteiger partial charge in [-0.1, -0.05) is 12.1 Å². The maximum atomic E-state index is 11.9. The first kappa shape index (κ1) is 14.3. The lowest BCUT2D eigenvalue weighted by molar-refractivity contribution is -0.120. The molecule has 1 atom stereocenters. The van der Waals surface area contributed by atoms with Gasteiger partial charge in [0.15, 0.2) is 0 Å². The monoisotopic (exact) mass is 259 g/mol. The molecule has 0 radical (unpaired) electrons. The van der Waals surface area contributed by atoms with Crippen LogP contribution in [0.1, 0.15) is 5.56 Å². The highest BCUT2D eigenvalue weighted by atomic mass is 19.3. The fraction of sp³-hybridized carbons (Fsp3) is 0.364. The molecular formula is C11H15F2N3O2. The summed E-state index contributed by atoms with van der Waals surface area (Å²) in [6, 6.07) is 5.46. The lowest BCUT2D eigenvalue weighted by Gasteiger charge is -2.14. The number of rotatable bonds is 7. The second-order valence-electron chi connectivity index (χ2n) is 3.58. The Balaban J connectivity index is 2.64. The van der Waals surface area contributed by atoms with Crippen LogP contribution in [0.5, 0.6) is 5.75 Å². The predicted octanol–water partition coefficient (Wildman–Crippen LogP) is 0.408. The van der Waals surface area contributed by atoms with Crippen molar-refractivity contribution in [3.63, 3.8) is 0 Å². The minimum absolute atomic E-state index is 0.0750. The van der Waals surface area contributed by atoms with E-state index in [4.69, 9.17) is 5.73 Å². The Morgan fingerprint density at radius 3 is 2.44 bits per heavy atom. The van der Waals surface area contributed by atoms with Crippen molar-refractivity contribution in [3.8, 4) is 5.75 Å². The molecule has 0 spiro atoms. The van der Waals surface area contributed by atoms with E-state index in [-0.39, 0.29) is 5.75 Å². The number of hydrogen-bond acceptors (Lipinski definition) is 4. The zero-order valence-electron chi connectivity index (χ0n) is 9.82. The van der Waals surface area contributed by atoms with Gasteiger partial charge in [0.1, 0.15) is 11.8 Å². The van der Waals surface area contributed by atoms with Crippen molar-refractivity contribution in [3.05, 3.63) is 29.8 Å². The molecule has 1 rings (SSSR count). The molecular weight excluding hydrogens is 244 g/mol. The van der Waals surface area contributed by atoms with E-state index in [9.17, 15) is 13.6 Å². The van der Waals surface area contributed by atoms with Gasteiger partial charge in [-0.15, -0.1) is 0 Å². The highest BCUT2D eigenvalue weighted by Gasteiger charge is 2.14. The summed E-state index contributed by atoms with van der Waals surface area (Å²) in [5.41, 5.74) is 11.3. The van der Waals surface area contributed by atoms with E-state index in [1.165, 1.54) is 12.1 Å². The van der Waals surface area contributed by atoms with Crippen LogP contribution in [-0.4, -0.2) is 25.6 Å². The van der Waals surface area contributed by atoms with Crippen LogP contribution in [0, 0.1) is 0 Å². The van der Waals surface area contributed by atoms with Crippen molar-refractivity contribution in [1.29, 1.82) is 0 Å². The first-order valence-electron chi connectivity index (χ1n) is 5.28. The van der Waals surface area contributed by atoms with E-state index in [1.54, 1.807) is 19.2 Å². The number of hydrazine groups is 1. The minimum atomic E-state index is -2.85. The predicted molar refractivity (Wildman–Crippen MR) is 62.0 cm³/mol. The largest absolute Gasteiger partial charge is 0.435 e. The van der Waals surface area contributed by atoms with Crippen molar-refractivity contribution >= 4 is 5.91 Å². The number of ether oxygens (including phenoxy) is 1. The average Bonchev–Trinajstić information content (AvgIpc) is 2.30. The number of nitrogens with two attached hydrogens (primary N) is 1. The van der Waals surface area contributed by atoms with Crippen LogP contribution in [0.15, 0.2) is 24.3 Å². The summed E-state index contributed by atoms with van der Waals surface area (Å²) in [7, 11) is 1.62. The fourth-order valence-electron chi connectivity index (χ4n) is 1.44. The van der Waals surface area contributed by atoms with Crippen LogP contribution in [0.2, 0.25) is 0 Å². The van der Waals surface area contributed by atoms with E-state index in [0.29, 0.717) is 6.42 Å². The van der Waals surface area contributed by atoms with Crippen LogP contribution < -0.4 is 21.3 Å². The molecule has 1 unspecified atom stereocenters. The molecule has 1 amide bonds. The number of hydrogen-bond donors (Lipinski definition) is 3. The number of alkyl halides is 2. The van der Waals surface area contributed by atoms with E-state index < -0.39 is 18.6 Å². The molecule has 7 heteroatoms. The normalized spacial score (nSPS) is 12.4. The number of amides is 1. The van der Waals surface area contributed by atoms with Crippen molar-refractivity contribution in [2.24, 2.45) is 5.73 Å². The average molecular weight is 259 g/mol. The lowest BCUT2D eigenvalue weighted by atomic mass is 10.1. The zero-order chi connectivity index (χ0) is 13.5. The van der Waals surface area contributed by atoms with Crippen LogP contribution in [0.3, 0.4) is 0 Å². The molecule has 0 fully saturated rings. The standard InChI is InChI=1S/C11H15F2N3O2/c1-15-16-9(10(14)17)6-7-2-4-8(5-3-7)18-11(12)13/h2-5,9,11,15-16H,6H2,1H3,(H2,14,17). The van der Waals surface area contributed by atoms with Gasteiger partial charge in [-0.25, -0.2) is 5.43 Å². The van der Waals surface area contributed by atoms with Gasteiger partial charge in [0, 0.05) is 0 Å². The van der Waals surface area contributed by atoms with Crippen LogP contribution in [0.25, 0.3) is 0 Å². The lowest BCUT2D eigenvalue weighted by Crippen LogP contribution is -2.48. The quantitative estimate of drug-likeness (QED) is 0.620. The van der Waals surface area contributed by atoms with Crippen LogP contribution in [0.4, 0.5) is 8.78 Å². The Hall–Kier alpha value is -1.73. The van der Waals surface area contributed by atoms with Gasteiger partial charge in [0.25, 0.3) is 0 Å². The van der Waals surface area contributed by atoms with E-state index in [0.717, 1.165) is 5.56 Å². The number of benzene rings is 1. The maximum Gasteiger partial charge on any atom is 0.387 e. The van der Waals surface area contributed by atoms with Gasteiger partial charge in [-0.3, -0.25) is 10.2 Å². The third-order valence-electron chi connectivity index (χ3n) is 2.25. The highest BCUT2D eigenvalue weighted by molar-refractivity contribution is 5.80. The molecule has 0 aliphatic heterocycles. The Labute approximate surface area is 103 Å². The molecule has 5 nitrogen and oxygen atoms in total. The van der Waals surface area contributed by atoms with Crippen molar-refractivity contribution in [2.45, 2.75) is 19.1 Å². The summed E-state index contributed by atoms with van der Waals surface area (Å²) in [5, 5.41) is 0. The molecule has 0 aliphatic rings. The number of carbonyl (C=O) groups excluding carboxylic acids is 1. The second kappa shape index (κ2) is 6.87. The SMILES string of the molecule is CNNC(Cc1ccc(OC(F)F)cc1)C(N)=O. The fourth-order valence-corrected chi connectivity index (χ4v) is 1.44.